The van der Waals surface area contributed by atoms with Crippen LogP contribution in [0.25, 0.3) is 11.0 Å². The quantitative estimate of drug-likeness (QED) is 0.556. The summed E-state index contributed by atoms with van der Waals surface area (Å²) in [5.41, 5.74) is 2.17. The van der Waals surface area contributed by atoms with Crippen LogP contribution in [0, 0.1) is 0 Å². The summed E-state index contributed by atoms with van der Waals surface area (Å²) >= 11 is 0. The molecule has 0 bridgehead atoms. The fourth-order valence-electron chi connectivity index (χ4n) is 3.51. The summed E-state index contributed by atoms with van der Waals surface area (Å²) in [6, 6.07) is 6.64. The number of benzene rings is 1. The topological polar surface area (TPSA) is 100 Å². The molecule has 0 aliphatic heterocycles. The van der Waals surface area contributed by atoms with Gasteiger partial charge in [-0.1, -0.05) is 13.8 Å². The fourth-order valence-corrected chi connectivity index (χ4v) is 5.00. The van der Waals surface area contributed by atoms with Crippen LogP contribution in [0.4, 0.5) is 11.4 Å². The van der Waals surface area contributed by atoms with E-state index < -0.39 is 10.0 Å². The Morgan fingerprint density at radius 3 is 2.41 bits per heavy atom. The first-order valence-electron chi connectivity index (χ1n) is 10.6. The normalized spacial score (nSPS) is 12.0. The summed E-state index contributed by atoms with van der Waals surface area (Å²) in [4.78, 5) is 19.4. The van der Waals surface area contributed by atoms with E-state index in [0.717, 1.165) is 5.39 Å². The molecule has 1 aromatic carbocycles. The van der Waals surface area contributed by atoms with Gasteiger partial charge in [-0.2, -0.15) is 9.40 Å². The number of hydrogen-bond acceptors (Lipinski definition) is 6. The van der Waals surface area contributed by atoms with Crippen LogP contribution < -0.4 is 10.2 Å². The van der Waals surface area contributed by atoms with Crippen molar-refractivity contribution in [3.8, 4) is 0 Å². The van der Waals surface area contributed by atoms with Gasteiger partial charge in [-0.3, -0.25) is 4.79 Å². The van der Waals surface area contributed by atoms with Gasteiger partial charge < -0.3 is 10.2 Å². The highest BCUT2D eigenvalue weighted by molar-refractivity contribution is 7.89. The Morgan fingerprint density at radius 2 is 1.81 bits per heavy atom. The number of pyridine rings is 1. The third-order valence-electron chi connectivity index (χ3n) is 5.23. The first-order valence-corrected chi connectivity index (χ1v) is 12.0. The van der Waals surface area contributed by atoms with Crippen LogP contribution in [-0.2, 0) is 10.0 Å². The molecular formula is C22H30N6O3S. The molecule has 0 fully saturated rings. The van der Waals surface area contributed by atoms with Crippen LogP contribution in [0.3, 0.4) is 0 Å². The van der Waals surface area contributed by atoms with E-state index in [1.165, 1.54) is 16.6 Å². The second-order valence-electron chi connectivity index (χ2n) is 7.94. The molecule has 2 aromatic heterocycles. The molecule has 1 amide bonds. The molecule has 2 heterocycles. The number of nitrogens with one attached hydrogen (secondary N) is 1. The number of carbonyl (C=O) groups is 1. The zero-order valence-corrected chi connectivity index (χ0v) is 20.1. The number of amides is 1. The minimum Gasteiger partial charge on any atom is -0.376 e. The van der Waals surface area contributed by atoms with E-state index in [9.17, 15) is 13.2 Å². The SMILES string of the molecule is CCN(CC)S(=O)(=O)c1ccc(N(C)C)c(NC(=O)c2cnc3c(cnn3C(C)C)c2)c1. The number of hydrogen-bond donors (Lipinski definition) is 1. The first kappa shape index (κ1) is 23.7. The van der Waals surface area contributed by atoms with E-state index in [1.807, 2.05) is 32.8 Å². The summed E-state index contributed by atoms with van der Waals surface area (Å²) in [6.45, 7) is 8.34. The number of carbonyl (C=O) groups excluding carboxylic acids is 1. The molecule has 172 valence electrons. The summed E-state index contributed by atoms with van der Waals surface area (Å²) in [5.74, 6) is -0.378. The van der Waals surface area contributed by atoms with Gasteiger partial charge in [0.1, 0.15) is 0 Å². The first-order chi connectivity index (χ1) is 15.1. The molecule has 1 N–H and O–H groups in total. The van der Waals surface area contributed by atoms with Crippen molar-refractivity contribution in [1.82, 2.24) is 19.1 Å². The molecule has 0 radical (unpaired) electrons. The zero-order chi connectivity index (χ0) is 23.6. The van der Waals surface area contributed by atoms with Crippen molar-refractivity contribution in [2.75, 3.05) is 37.4 Å². The van der Waals surface area contributed by atoms with Gasteiger partial charge in [0.25, 0.3) is 5.91 Å². The Morgan fingerprint density at radius 1 is 1.12 bits per heavy atom. The molecule has 3 aromatic rings. The predicted octanol–water partition coefficient (Wildman–Crippen LogP) is 3.36. The molecule has 0 aliphatic carbocycles. The number of rotatable bonds is 8. The Bertz CT molecular complexity index is 1230. The summed E-state index contributed by atoms with van der Waals surface area (Å²) in [7, 11) is 0.000959. The third-order valence-corrected chi connectivity index (χ3v) is 7.27. The maximum Gasteiger partial charge on any atom is 0.257 e. The lowest BCUT2D eigenvalue weighted by Gasteiger charge is -2.22. The average molecular weight is 459 g/mol. The van der Waals surface area contributed by atoms with Crippen molar-refractivity contribution in [3.63, 3.8) is 0 Å². The van der Waals surface area contributed by atoms with E-state index in [4.69, 9.17) is 0 Å². The van der Waals surface area contributed by atoms with Gasteiger partial charge in [0.05, 0.1) is 28.0 Å². The standard InChI is InChI=1S/C22H30N6O3S/c1-7-27(8-2)32(30,31)18-9-10-20(26(5)6)19(12-18)25-22(29)17-11-16-14-24-28(15(3)4)21(16)23-13-17/h9-15H,7-8H2,1-6H3,(H,25,29). The van der Waals surface area contributed by atoms with E-state index in [2.05, 4.69) is 15.4 Å². The molecule has 9 nitrogen and oxygen atoms in total. The molecule has 0 saturated heterocycles. The highest BCUT2D eigenvalue weighted by atomic mass is 32.2. The fraction of sp³-hybridized carbons (Fsp3) is 0.409. The second kappa shape index (κ2) is 9.25. The lowest BCUT2D eigenvalue weighted by atomic mass is 10.2. The molecule has 0 unspecified atom stereocenters. The van der Waals surface area contributed by atoms with Gasteiger partial charge in [0, 0.05) is 44.8 Å². The van der Waals surface area contributed by atoms with Gasteiger partial charge in [-0.05, 0) is 38.1 Å². The van der Waals surface area contributed by atoms with Crippen molar-refractivity contribution in [2.45, 2.75) is 38.6 Å². The minimum atomic E-state index is -3.66. The lowest BCUT2D eigenvalue weighted by Crippen LogP contribution is -2.30. The summed E-state index contributed by atoms with van der Waals surface area (Å²) < 4.78 is 29.1. The second-order valence-corrected chi connectivity index (χ2v) is 9.87. The summed E-state index contributed by atoms with van der Waals surface area (Å²) in [6.07, 6.45) is 3.19. The molecule has 32 heavy (non-hydrogen) atoms. The number of anilines is 2. The van der Waals surface area contributed by atoms with Gasteiger partial charge >= 0.3 is 0 Å². The number of aromatic nitrogens is 3. The average Bonchev–Trinajstić information content (AvgIpc) is 3.17. The molecule has 0 aliphatic rings. The van der Waals surface area contributed by atoms with Crippen molar-refractivity contribution in [3.05, 3.63) is 42.2 Å². The maximum atomic E-state index is 13.0. The summed E-state index contributed by atoms with van der Waals surface area (Å²) in [5, 5.41) is 7.95. The van der Waals surface area contributed by atoms with E-state index in [1.54, 1.807) is 42.9 Å². The monoisotopic (exact) mass is 458 g/mol. The third kappa shape index (κ3) is 4.46. The van der Waals surface area contributed by atoms with Crippen molar-refractivity contribution < 1.29 is 13.2 Å². The van der Waals surface area contributed by atoms with Crippen LogP contribution in [0.1, 0.15) is 44.1 Å². The molecule has 3 rings (SSSR count). The van der Waals surface area contributed by atoms with Crippen LogP contribution in [0.2, 0.25) is 0 Å². The highest BCUT2D eigenvalue weighted by Crippen LogP contribution is 2.29. The Labute approximate surface area is 189 Å². The Balaban J connectivity index is 1.98. The van der Waals surface area contributed by atoms with E-state index in [0.29, 0.717) is 35.7 Å². The molecule has 10 heteroatoms. The number of nitrogens with zero attached hydrogens (tertiary/aromatic N) is 5. The van der Waals surface area contributed by atoms with Crippen LogP contribution >= 0.6 is 0 Å². The van der Waals surface area contributed by atoms with Crippen LogP contribution in [0.5, 0.6) is 0 Å². The Kier molecular flexibility index (Phi) is 6.85. The largest absolute Gasteiger partial charge is 0.376 e. The molecule has 0 saturated carbocycles. The van der Waals surface area contributed by atoms with Crippen LogP contribution in [-0.4, -0.2) is 60.6 Å². The van der Waals surface area contributed by atoms with Gasteiger partial charge in [0.15, 0.2) is 5.65 Å². The molecular weight excluding hydrogens is 428 g/mol. The van der Waals surface area contributed by atoms with Gasteiger partial charge in [-0.15, -0.1) is 0 Å². The smallest absolute Gasteiger partial charge is 0.257 e. The zero-order valence-electron chi connectivity index (χ0n) is 19.3. The number of sulfonamides is 1. The van der Waals surface area contributed by atoms with Gasteiger partial charge in [0.2, 0.25) is 10.0 Å². The minimum absolute atomic E-state index is 0.133. The van der Waals surface area contributed by atoms with E-state index in [-0.39, 0.29) is 16.8 Å². The predicted molar refractivity (Wildman–Crippen MR) is 127 cm³/mol. The maximum absolute atomic E-state index is 13.0. The van der Waals surface area contributed by atoms with Gasteiger partial charge in [-0.25, -0.2) is 18.1 Å². The molecule has 0 spiro atoms. The highest BCUT2D eigenvalue weighted by Gasteiger charge is 2.23. The van der Waals surface area contributed by atoms with Crippen molar-refractivity contribution in [2.24, 2.45) is 0 Å². The van der Waals surface area contributed by atoms with Crippen molar-refractivity contribution in [1.29, 1.82) is 0 Å². The Hall–Kier alpha value is -2.98. The number of fused-ring (bicyclic) bond motifs is 1. The lowest BCUT2D eigenvalue weighted by molar-refractivity contribution is 0.102. The molecule has 0 atom stereocenters. The van der Waals surface area contributed by atoms with Crippen molar-refractivity contribution >= 4 is 38.3 Å². The van der Waals surface area contributed by atoms with E-state index >= 15 is 0 Å². The van der Waals surface area contributed by atoms with Crippen LogP contribution in [0.15, 0.2) is 41.6 Å².